The van der Waals surface area contributed by atoms with Gasteiger partial charge in [-0.2, -0.15) is 0 Å². The number of rotatable bonds is 6. The average Bonchev–Trinajstić information content (AvgIpc) is 2.75. The lowest BCUT2D eigenvalue weighted by atomic mass is 10.2. The first kappa shape index (κ1) is 21.1. The van der Waals surface area contributed by atoms with Gasteiger partial charge in [0.05, 0.1) is 0 Å². The Balaban J connectivity index is 1.37. The van der Waals surface area contributed by atoms with Crippen LogP contribution < -0.4 is 15.5 Å². The topological polar surface area (TPSA) is 64.7 Å². The maximum absolute atomic E-state index is 13.0. The van der Waals surface area contributed by atoms with Gasteiger partial charge in [0.15, 0.2) is 0 Å². The van der Waals surface area contributed by atoms with Gasteiger partial charge in [-0.25, -0.2) is 4.39 Å². The van der Waals surface area contributed by atoms with Gasteiger partial charge in [0, 0.05) is 55.5 Å². The van der Waals surface area contributed by atoms with Gasteiger partial charge < -0.3 is 15.5 Å². The molecule has 1 heterocycles. The van der Waals surface area contributed by atoms with Crippen molar-refractivity contribution in [2.45, 2.75) is 4.90 Å². The molecule has 0 atom stereocenters. The zero-order valence-electron chi connectivity index (χ0n) is 16.4. The Morgan fingerprint density at radius 2 is 1.76 bits per heavy atom. The first-order chi connectivity index (χ1) is 14.0. The summed E-state index contributed by atoms with van der Waals surface area (Å²) in [6, 6.07) is 13.9. The Hall–Kier alpha value is -2.58. The summed E-state index contributed by atoms with van der Waals surface area (Å²) < 4.78 is 13.0. The minimum absolute atomic E-state index is 0.232. The number of halogens is 1. The quantitative estimate of drug-likeness (QED) is 0.559. The molecule has 0 unspecified atom stereocenters. The number of benzene rings is 2. The van der Waals surface area contributed by atoms with Crippen LogP contribution in [-0.4, -0.2) is 62.2 Å². The van der Waals surface area contributed by atoms with Crippen molar-refractivity contribution < 1.29 is 14.0 Å². The zero-order valence-corrected chi connectivity index (χ0v) is 17.2. The maximum atomic E-state index is 13.0. The molecule has 1 aliphatic rings. The van der Waals surface area contributed by atoms with Crippen molar-refractivity contribution >= 4 is 35.0 Å². The van der Waals surface area contributed by atoms with Gasteiger partial charge in [-0.15, -0.1) is 11.8 Å². The fourth-order valence-corrected chi connectivity index (χ4v) is 3.64. The summed E-state index contributed by atoms with van der Waals surface area (Å²) in [5.41, 5.74) is 1.62. The number of anilines is 2. The Bertz CT molecular complexity index is 839. The van der Waals surface area contributed by atoms with Crippen LogP contribution in [0.4, 0.5) is 15.8 Å². The first-order valence-corrected chi connectivity index (χ1v) is 10.7. The SMILES string of the molecule is CSc1cccc(NC(=O)C(=O)NCCN2CCN(c3ccc(F)cc3)CC2)c1. The van der Waals surface area contributed by atoms with Crippen LogP contribution in [-0.2, 0) is 9.59 Å². The third kappa shape index (κ3) is 6.20. The molecule has 1 aliphatic heterocycles. The van der Waals surface area contributed by atoms with E-state index in [-0.39, 0.29) is 5.82 Å². The molecule has 0 aliphatic carbocycles. The number of piperazine rings is 1. The van der Waals surface area contributed by atoms with E-state index in [9.17, 15) is 14.0 Å². The van der Waals surface area contributed by atoms with Crippen LogP contribution in [0.2, 0.25) is 0 Å². The summed E-state index contributed by atoms with van der Waals surface area (Å²) >= 11 is 1.57. The van der Waals surface area contributed by atoms with Crippen molar-refractivity contribution in [1.29, 1.82) is 0 Å². The molecule has 0 aromatic heterocycles. The van der Waals surface area contributed by atoms with Crippen LogP contribution in [0.25, 0.3) is 0 Å². The minimum Gasteiger partial charge on any atom is -0.369 e. The van der Waals surface area contributed by atoms with Gasteiger partial charge in [0.25, 0.3) is 0 Å². The lowest BCUT2D eigenvalue weighted by molar-refractivity contribution is -0.136. The number of carbonyl (C=O) groups is 2. The van der Waals surface area contributed by atoms with E-state index in [4.69, 9.17) is 0 Å². The number of carbonyl (C=O) groups excluding carboxylic acids is 2. The molecule has 1 fully saturated rings. The second-order valence-corrected chi connectivity index (χ2v) is 7.63. The number of hydrogen-bond donors (Lipinski definition) is 2. The average molecular weight is 417 g/mol. The molecule has 2 N–H and O–H groups in total. The molecule has 3 rings (SSSR count). The Morgan fingerprint density at radius 3 is 2.45 bits per heavy atom. The van der Waals surface area contributed by atoms with Gasteiger partial charge >= 0.3 is 11.8 Å². The van der Waals surface area contributed by atoms with Crippen molar-refractivity contribution in [3.05, 3.63) is 54.3 Å². The van der Waals surface area contributed by atoms with E-state index in [1.165, 1.54) is 12.1 Å². The monoisotopic (exact) mass is 416 g/mol. The lowest BCUT2D eigenvalue weighted by Crippen LogP contribution is -2.49. The fourth-order valence-electron chi connectivity index (χ4n) is 3.18. The summed E-state index contributed by atoms with van der Waals surface area (Å²) in [4.78, 5) is 29.5. The first-order valence-electron chi connectivity index (χ1n) is 9.51. The van der Waals surface area contributed by atoms with Crippen molar-refractivity contribution in [3.63, 3.8) is 0 Å². The van der Waals surface area contributed by atoms with Gasteiger partial charge in [0.2, 0.25) is 0 Å². The second kappa shape index (κ2) is 10.3. The van der Waals surface area contributed by atoms with Crippen LogP contribution in [0.15, 0.2) is 53.4 Å². The molecule has 0 saturated carbocycles. The summed E-state index contributed by atoms with van der Waals surface area (Å²) in [5, 5.41) is 5.30. The predicted molar refractivity (Wildman–Crippen MR) is 115 cm³/mol. The second-order valence-electron chi connectivity index (χ2n) is 6.75. The van der Waals surface area contributed by atoms with Gasteiger partial charge in [-0.3, -0.25) is 14.5 Å². The lowest BCUT2D eigenvalue weighted by Gasteiger charge is -2.36. The highest BCUT2D eigenvalue weighted by molar-refractivity contribution is 7.98. The molecule has 0 radical (unpaired) electrons. The summed E-state index contributed by atoms with van der Waals surface area (Å²) in [5.74, 6) is -1.53. The molecule has 0 bridgehead atoms. The van der Waals surface area contributed by atoms with Crippen molar-refractivity contribution in [3.8, 4) is 0 Å². The van der Waals surface area contributed by atoms with Crippen LogP contribution in [0.5, 0.6) is 0 Å². The number of nitrogens with zero attached hydrogens (tertiary/aromatic N) is 2. The van der Waals surface area contributed by atoms with Gasteiger partial charge in [-0.05, 0) is 48.7 Å². The molecular weight excluding hydrogens is 391 g/mol. The van der Waals surface area contributed by atoms with Crippen molar-refractivity contribution in [2.75, 3.05) is 55.7 Å². The van der Waals surface area contributed by atoms with E-state index in [2.05, 4.69) is 20.4 Å². The smallest absolute Gasteiger partial charge is 0.313 e. The van der Waals surface area contributed by atoms with Gasteiger partial charge in [-0.1, -0.05) is 6.07 Å². The van der Waals surface area contributed by atoms with Crippen LogP contribution >= 0.6 is 11.8 Å². The van der Waals surface area contributed by atoms with Gasteiger partial charge in [0.1, 0.15) is 5.82 Å². The third-order valence-corrected chi connectivity index (χ3v) is 5.54. The third-order valence-electron chi connectivity index (χ3n) is 4.81. The normalized spacial score (nSPS) is 14.5. The molecule has 2 aromatic carbocycles. The van der Waals surface area contributed by atoms with E-state index in [0.29, 0.717) is 18.8 Å². The Labute approximate surface area is 174 Å². The molecule has 29 heavy (non-hydrogen) atoms. The van der Waals surface area contributed by atoms with Crippen LogP contribution in [0.3, 0.4) is 0 Å². The van der Waals surface area contributed by atoms with Crippen molar-refractivity contribution in [1.82, 2.24) is 10.2 Å². The largest absolute Gasteiger partial charge is 0.369 e. The molecule has 0 spiro atoms. The standard InChI is InChI=1S/C21H25FN4O2S/c1-29-19-4-2-3-17(15-19)24-21(28)20(27)23-9-10-25-11-13-26(14-12-25)18-7-5-16(22)6-8-18/h2-8,15H,9-14H2,1H3,(H,23,27)(H,24,28). The Kier molecular flexibility index (Phi) is 7.48. The van der Waals surface area contributed by atoms with E-state index in [1.807, 2.05) is 24.5 Å². The zero-order chi connectivity index (χ0) is 20.6. The number of amides is 2. The van der Waals surface area contributed by atoms with E-state index < -0.39 is 11.8 Å². The van der Waals surface area contributed by atoms with E-state index in [1.54, 1.807) is 30.0 Å². The highest BCUT2D eigenvalue weighted by Gasteiger charge is 2.18. The molecule has 2 aromatic rings. The maximum Gasteiger partial charge on any atom is 0.313 e. The highest BCUT2D eigenvalue weighted by atomic mass is 32.2. The molecule has 154 valence electrons. The molecule has 6 nitrogen and oxygen atoms in total. The van der Waals surface area contributed by atoms with E-state index in [0.717, 1.165) is 36.8 Å². The predicted octanol–water partition coefficient (Wildman–Crippen LogP) is 2.42. The number of thioether (sulfide) groups is 1. The number of hydrogen-bond acceptors (Lipinski definition) is 5. The molecular formula is C21H25FN4O2S. The molecule has 2 amide bonds. The van der Waals surface area contributed by atoms with E-state index >= 15 is 0 Å². The number of nitrogens with one attached hydrogen (secondary N) is 2. The van der Waals surface area contributed by atoms with Crippen molar-refractivity contribution in [2.24, 2.45) is 0 Å². The van der Waals surface area contributed by atoms with Crippen LogP contribution in [0.1, 0.15) is 0 Å². The molecule has 8 heteroatoms. The van der Waals surface area contributed by atoms with Crippen LogP contribution in [0, 0.1) is 5.82 Å². The summed E-state index contributed by atoms with van der Waals surface area (Å²) in [7, 11) is 0. The fraction of sp³-hybridized carbons (Fsp3) is 0.333. The Morgan fingerprint density at radius 1 is 1.03 bits per heavy atom. The minimum atomic E-state index is -0.663. The summed E-state index contributed by atoms with van der Waals surface area (Å²) in [6.45, 7) is 4.46. The summed E-state index contributed by atoms with van der Waals surface area (Å²) in [6.07, 6.45) is 1.95. The highest BCUT2D eigenvalue weighted by Crippen LogP contribution is 2.19. The molecule has 1 saturated heterocycles.